The quantitative estimate of drug-likeness (QED) is 0.625. The molecule has 0 aromatic heterocycles. The Hall–Kier alpha value is -0.200. The zero-order valence-corrected chi connectivity index (χ0v) is 7.91. The molecule has 0 radical (unpaired) electrons. The Morgan fingerprint density at radius 1 is 1.18 bits per heavy atom. The molecule has 0 amide bonds. The van der Waals surface area contributed by atoms with E-state index in [-0.39, 0.29) is 0 Å². The molecule has 1 aromatic carbocycles. The standard InChI is InChI=1S/C9H10Cl2/c1-7-3-2-4-8(5-10)9(7)6-11/h2-4H,5-6H2,1H3. The van der Waals surface area contributed by atoms with Gasteiger partial charge in [-0.05, 0) is 23.6 Å². The van der Waals surface area contributed by atoms with Crippen LogP contribution < -0.4 is 0 Å². The van der Waals surface area contributed by atoms with Crippen molar-refractivity contribution >= 4 is 23.2 Å². The predicted molar refractivity (Wildman–Crippen MR) is 50.3 cm³/mol. The predicted octanol–water partition coefficient (Wildman–Crippen LogP) is 3.47. The van der Waals surface area contributed by atoms with E-state index in [1.165, 1.54) is 11.1 Å². The Balaban J connectivity index is 3.13. The van der Waals surface area contributed by atoms with Gasteiger partial charge in [0.05, 0.1) is 0 Å². The first-order valence-electron chi connectivity index (χ1n) is 3.49. The molecule has 0 fully saturated rings. The molecule has 0 saturated carbocycles. The molecular weight excluding hydrogens is 179 g/mol. The lowest BCUT2D eigenvalue weighted by molar-refractivity contribution is 1.21. The first-order valence-corrected chi connectivity index (χ1v) is 4.55. The summed E-state index contributed by atoms with van der Waals surface area (Å²) >= 11 is 11.5. The molecule has 0 N–H and O–H groups in total. The molecule has 1 rings (SSSR count). The fourth-order valence-electron chi connectivity index (χ4n) is 1.08. The average molecular weight is 189 g/mol. The van der Waals surface area contributed by atoms with Crippen LogP contribution in [0.2, 0.25) is 0 Å². The summed E-state index contributed by atoms with van der Waals surface area (Å²) in [6.07, 6.45) is 0. The van der Waals surface area contributed by atoms with Gasteiger partial charge < -0.3 is 0 Å². The zero-order valence-electron chi connectivity index (χ0n) is 6.40. The van der Waals surface area contributed by atoms with Crippen molar-refractivity contribution < 1.29 is 0 Å². The molecule has 2 heteroatoms. The Labute approximate surface area is 77.1 Å². The van der Waals surface area contributed by atoms with Crippen LogP contribution in [0.15, 0.2) is 18.2 Å². The zero-order chi connectivity index (χ0) is 8.27. The van der Waals surface area contributed by atoms with E-state index in [0.717, 1.165) is 5.56 Å². The molecule has 0 aliphatic rings. The van der Waals surface area contributed by atoms with E-state index in [1.54, 1.807) is 0 Å². The van der Waals surface area contributed by atoms with Gasteiger partial charge in [0, 0.05) is 11.8 Å². The molecule has 60 valence electrons. The van der Waals surface area contributed by atoms with Crippen LogP contribution >= 0.6 is 23.2 Å². The second kappa shape index (κ2) is 3.99. The first kappa shape index (κ1) is 8.89. The van der Waals surface area contributed by atoms with Crippen LogP contribution in [0.1, 0.15) is 16.7 Å². The van der Waals surface area contributed by atoms with Gasteiger partial charge in [-0.25, -0.2) is 0 Å². The van der Waals surface area contributed by atoms with Crippen molar-refractivity contribution in [1.82, 2.24) is 0 Å². The highest BCUT2D eigenvalue weighted by Crippen LogP contribution is 2.17. The van der Waals surface area contributed by atoms with Gasteiger partial charge in [-0.3, -0.25) is 0 Å². The lowest BCUT2D eigenvalue weighted by Crippen LogP contribution is -1.91. The molecule has 0 aliphatic heterocycles. The Kier molecular flexibility index (Phi) is 3.22. The average Bonchev–Trinajstić information content (AvgIpc) is 2.04. The number of benzene rings is 1. The van der Waals surface area contributed by atoms with Gasteiger partial charge in [0.1, 0.15) is 0 Å². The Bertz CT molecular complexity index is 243. The molecule has 0 heterocycles. The molecule has 11 heavy (non-hydrogen) atoms. The van der Waals surface area contributed by atoms with E-state index >= 15 is 0 Å². The van der Waals surface area contributed by atoms with E-state index in [0.29, 0.717) is 11.8 Å². The van der Waals surface area contributed by atoms with Crippen molar-refractivity contribution in [3.8, 4) is 0 Å². The van der Waals surface area contributed by atoms with Gasteiger partial charge in [0.15, 0.2) is 0 Å². The normalized spacial score (nSPS) is 10.1. The maximum atomic E-state index is 5.76. The summed E-state index contributed by atoms with van der Waals surface area (Å²) in [5.41, 5.74) is 3.53. The maximum Gasteiger partial charge on any atom is 0.0479 e. The molecule has 0 atom stereocenters. The third-order valence-corrected chi connectivity index (χ3v) is 2.34. The van der Waals surface area contributed by atoms with Crippen LogP contribution in [0.5, 0.6) is 0 Å². The summed E-state index contributed by atoms with van der Waals surface area (Å²) < 4.78 is 0. The highest BCUT2D eigenvalue weighted by molar-refractivity contribution is 6.18. The molecule has 0 spiro atoms. The minimum absolute atomic E-state index is 0.545. The topological polar surface area (TPSA) is 0 Å². The molecular formula is C9H10Cl2. The number of alkyl halides is 2. The molecule has 0 nitrogen and oxygen atoms in total. The van der Waals surface area contributed by atoms with Crippen molar-refractivity contribution in [2.45, 2.75) is 18.7 Å². The minimum atomic E-state index is 0.545. The summed E-state index contributed by atoms with van der Waals surface area (Å²) in [7, 11) is 0. The van der Waals surface area contributed by atoms with E-state index in [1.807, 2.05) is 25.1 Å². The fourth-order valence-corrected chi connectivity index (χ4v) is 1.71. The first-order chi connectivity index (χ1) is 5.29. The van der Waals surface area contributed by atoms with Gasteiger partial charge in [-0.2, -0.15) is 0 Å². The lowest BCUT2D eigenvalue weighted by Gasteiger charge is -2.06. The number of rotatable bonds is 2. The van der Waals surface area contributed by atoms with Crippen molar-refractivity contribution in [3.63, 3.8) is 0 Å². The van der Waals surface area contributed by atoms with E-state index < -0.39 is 0 Å². The van der Waals surface area contributed by atoms with Crippen LogP contribution in [-0.4, -0.2) is 0 Å². The third-order valence-electron chi connectivity index (χ3n) is 1.78. The highest BCUT2D eigenvalue weighted by atomic mass is 35.5. The molecule has 0 unspecified atom stereocenters. The SMILES string of the molecule is Cc1cccc(CCl)c1CCl. The van der Waals surface area contributed by atoms with Crippen LogP contribution in [0, 0.1) is 6.92 Å². The van der Waals surface area contributed by atoms with E-state index in [4.69, 9.17) is 23.2 Å². The lowest BCUT2D eigenvalue weighted by atomic mass is 10.1. The molecule has 1 aromatic rings. The second-order valence-corrected chi connectivity index (χ2v) is 3.01. The van der Waals surface area contributed by atoms with Crippen LogP contribution in [0.25, 0.3) is 0 Å². The summed E-state index contributed by atoms with van der Waals surface area (Å²) in [6, 6.07) is 6.06. The van der Waals surface area contributed by atoms with Gasteiger partial charge in [0.25, 0.3) is 0 Å². The van der Waals surface area contributed by atoms with Gasteiger partial charge in [-0.15, -0.1) is 23.2 Å². The summed E-state index contributed by atoms with van der Waals surface area (Å²) in [6.45, 7) is 2.05. The maximum absolute atomic E-state index is 5.76. The molecule has 0 bridgehead atoms. The van der Waals surface area contributed by atoms with Gasteiger partial charge in [0.2, 0.25) is 0 Å². The Morgan fingerprint density at radius 2 is 1.91 bits per heavy atom. The van der Waals surface area contributed by atoms with E-state index in [2.05, 4.69) is 0 Å². The summed E-state index contributed by atoms with van der Waals surface area (Å²) in [4.78, 5) is 0. The van der Waals surface area contributed by atoms with Gasteiger partial charge >= 0.3 is 0 Å². The second-order valence-electron chi connectivity index (χ2n) is 2.48. The van der Waals surface area contributed by atoms with E-state index in [9.17, 15) is 0 Å². The largest absolute Gasteiger partial charge is 0.122 e. The van der Waals surface area contributed by atoms with Crippen molar-refractivity contribution in [2.24, 2.45) is 0 Å². The number of aryl methyl sites for hydroxylation is 1. The summed E-state index contributed by atoms with van der Waals surface area (Å²) in [5, 5.41) is 0. The van der Waals surface area contributed by atoms with Crippen LogP contribution in [0.3, 0.4) is 0 Å². The van der Waals surface area contributed by atoms with Crippen molar-refractivity contribution in [2.75, 3.05) is 0 Å². The number of halogens is 2. The molecule has 0 aliphatic carbocycles. The third kappa shape index (κ3) is 1.88. The fraction of sp³-hybridized carbons (Fsp3) is 0.333. The highest BCUT2D eigenvalue weighted by Gasteiger charge is 2.01. The number of hydrogen-bond acceptors (Lipinski definition) is 0. The summed E-state index contributed by atoms with van der Waals surface area (Å²) in [5.74, 6) is 1.10. The minimum Gasteiger partial charge on any atom is -0.122 e. The van der Waals surface area contributed by atoms with Crippen LogP contribution in [-0.2, 0) is 11.8 Å². The van der Waals surface area contributed by atoms with Crippen LogP contribution in [0.4, 0.5) is 0 Å². The Morgan fingerprint density at radius 3 is 2.36 bits per heavy atom. The number of hydrogen-bond donors (Lipinski definition) is 0. The van der Waals surface area contributed by atoms with Gasteiger partial charge in [-0.1, -0.05) is 18.2 Å². The monoisotopic (exact) mass is 188 g/mol. The smallest absolute Gasteiger partial charge is 0.0479 e. The molecule has 0 saturated heterocycles. The van der Waals surface area contributed by atoms with Crippen molar-refractivity contribution in [1.29, 1.82) is 0 Å². The van der Waals surface area contributed by atoms with Crippen molar-refractivity contribution in [3.05, 3.63) is 34.9 Å².